The highest BCUT2D eigenvalue weighted by molar-refractivity contribution is 7.07. The maximum Gasteiger partial charge on any atom is 0.0580 e. The summed E-state index contributed by atoms with van der Waals surface area (Å²) in [4.78, 5) is 0. The Bertz CT molecular complexity index is 245. The SMILES string of the molecule is CC(O)C(C)(CN)Cc1ccsc1. The van der Waals surface area contributed by atoms with E-state index in [0.717, 1.165) is 6.42 Å². The average Bonchev–Trinajstić information content (AvgIpc) is 2.56. The van der Waals surface area contributed by atoms with E-state index in [0.29, 0.717) is 6.54 Å². The first-order valence-corrected chi connectivity index (χ1v) is 5.42. The van der Waals surface area contributed by atoms with E-state index in [2.05, 4.69) is 11.4 Å². The number of aliphatic hydroxyl groups is 1. The zero-order valence-corrected chi connectivity index (χ0v) is 8.97. The van der Waals surface area contributed by atoms with Crippen molar-refractivity contribution in [1.29, 1.82) is 0 Å². The molecule has 13 heavy (non-hydrogen) atoms. The van der Waals surface area contributed by atoms with Crippen molar-refractivity contribution in [3.05, 3.63) is 22.4 Å². The number of aliphatic hydroxyl groups excluding tert-OH is 1. The van der Waals surface area contributed by atoms with Crippen LogP contribution in [0.2, 0.25) is 0 Å². The summed E-state index contributed by atoms with van der Waals surface area (Å²) in [7, 11) is 0. The summed E-state index contributed by atoms with van der Waals surface area (Å²) in [5.74, 6) is 0. The van der Waals surface area contributed by atoms with Gasteiger partial charge in [0, 0.05) is 12.0 Å². The van der Waals surface area contributed by atoms with Crippen LogP contribution in [0.5, 0.6) is 0 Å². The molecule has 0 amide bonds. The standard InChI is InChI=1S/C10H17NOS/c1-8(12)10(2,7-11)5-9-3-4-13-6-9/h3-4,6,8,12H,5,7,11H2,1-2H3. The summed E-state index contributed by atoms with van der Waals surface area (Å²) in [6.07, 6.45) is 0.488. The van der Waals surface area contributed by atoms with E-state index in [1.807, 2.05) is 12.3 Å². The molecule has 0 bridgehead atoms. The van der Waals surface area contributed by atoms with Crippen molar-refractivity contribution in [2.24, 2.45) is 11.1 Å². The van der Waals surface area contributed by atoms with Gasteiger partial charge in [-0.1, -0.05) is 6.92 Å². The van der Waals surface area contributed by atoms with Gasteiger partial charge in [0.05, 0.1) is 6.10 Å². The molecule has 2 unspecified atom stereocenters. The first-order chi connectivity index (χ1) is 6.08. The summed E-state index contributed by atoms with van der Waals surface area (Å²) in [5.41, 5.74) is 6.74. The molecule has 0 aliphatic rings. The molecule has 0 spiro atoms. The van der Waals surface area contributed by atoms with Gasteiger partial charge >= 0.3 is 0 Å². The van der Waals surface area contributed by atoms with Crippen molar-refractivity contribution in [2.45, 2.75) is 26.4 Å². The zero-order chi connectivity index (χ0) is 9.90. The summed E-state index contributed by atoms with van der Waals surface area (Å²) in [6, 6.07) is 2.08. The third-order valence-corrected chi connectivity index (χ3v) is 3.40. The van der Waals surface area contributed by atoms with Crippen molar-refractivity contribution < 1.29 is 5.11 Å². The molecule has 2 nitrogen and oxygen atoms in total. The molecule has 0 fully saturated rings. The lowest BCUT2D eigenvalue weighted by atomic mass is 9.80. The van der Waals surface area contributed by atoms with E-state index in [1.54, 1.807) is 18.3 Å². The first-order valence-electron chi connectivity index (χ1n) is 4.48. The minimum Gasteiger partial charge on any atom is -0.393 e. The fourth-order valence-corrected chi connectivity index (χ4v) is 1.92. The van der Waals surface area contributed by atoms with Crippen molar-refractivity contribution >= 4 is 11.3 Å². The highest BCUT2D eigenvalue weighted by Gasteiger charge is 2.28. The molecule has 0 aromatic carbocycles. The highest BCUT2D eigenvalue weighted by Crippen LogP contribution is 2.26. The Morgan fingerprint density at radius 1 is 1.69 bits per heavy atom. The van der Waals surface area contributed by atoms with E-state index in [1.165, 1.54) is 5.56 Å². The summed E-state index contributed by atoms with van der Waals surface area (Å²) >= 11 is 1.68. The average molecular weight is 199 g/mol. The van der Waals surface area contributed by atoms with Crippen LogP contribution in [-0.4, -0.2) is 17.8 Å². The molecule has 1 aromatic heterocycles. The summed E-state index contributed by atoms with van der Waals surface area (Å²) in [6.45, 7) is 4.34. The van der Waals surface area contributed by atoms with Crippen molar-refractivity contribution in [1.82, 2.24) is 0 Å². The number of nitrogens with two attached hydrogens (primary N) is 1. The summed E-state index contributed by atoms with van der Waals surface area (Å²) < 4.78 is 0. The van der Waals surface area contributed by atoms with E-state index in [-0.39, 0.29) is 11.5 Å². The first kappa shape index (κ1) is 10.7. The van der Waals surface area contributed by atoms with Gasteiger partial charge in [0.1, 0.15) is 0 Å². The Balaban J connectivity index is 2.69. The minimum absolute atomic E-state index is 0.193. The van der Waals surface area contributed by atoms with Gasteiger partial charge in [0.25, 0.3) is 0 Å². The van der Waals surface area contributed by atoms with E-state index >= 15 is 0 Å². The van der Waals surface area contributed by atoms with Gasteiger partial charge in [-0.3, -0.25) is 0 Å². The molecule has 0 aliphatic carbocycles. The summed E-state index contributed by atoms with van der Waals surface area (Å²) in [5, 5.41) is 13.8. The second kappa shape index (κ2) is 4.22. The van der Waals surface area contributed by atoms with Crippen LogP contribution in [0.4, 0.5) is 0 Å². The van der Waals surface area contributed by atoms with Crippen LogP contribution < -0.4 is 5.73 Å². The van der Waals surface area contributed by atoms with E-state index in [4.69, 9.17) is 5.73 Å². The lowest BCUT2D eigenvalue weighted by Gasteiger charge is -2.30. The molecule has 3 N–H and O–H groups in total. The highest BCUT2D eigenvalue weighted by atomic mass is 32.1. The van der Waals surface area contributed by atoms with Gasteiger partial charge in [-0.15, -0.1) is 0 Å². The second-order valence-corrected chi connectivity index (χ2v) is 4.62. The van der Waals surface area contributed by atoms with Gasteiger partial charge in [-0.05, 0) is 35.7 Å². The Morgan fingerprint density at radius 2 is 2.38 bits per heavy atom. The smallest absolute Gasteiger partial charge is 0.0580 e. The van der Waals surface area contributed by atoms with Crippen LogP contribution >= 0.6 is 11.3 Å². The Hall–Kier alpha value is -0.380. The minimum atomic E-state index is -0.364. The maximum atomic E-state index is 9.59. The molecule has 1 heterocycles. The molecule has 0 saturated heterocycles. The Labute approximate surface area is 83.4 Å². The number of rotatable bonds is 4. The predicted octanol–water partition coefficient (Wildman–Crippen LogP) is 1.64. The largest absolute Gasteiger partial charge is 0.393 e. The molecule has 3 heteroatoms. The fourth-order valence-electron chi connectivity index (χ4n) is 1.25. The molecule has 1 rings (SSSR count). The van der Waals surface area contributed by atoms with Gasteiger partial charge in [0.2, 0.25) is 0 Å². The molecular formula is C10H17NOS. The van der Waals surface area contributed by atoms with Crippen molar-refractivity contribution in [3.8, 4) is 0 Å². The molecule has 2 atom stereocenters. The Kier molecular flexibility index (Phi) is 3.47. The fraction of sp³-hybridized carbons (Fsp3) is 0.600. The third-order valence-electron chi connectivity index (χ3n) is 2.66. The monoisotopic (exact) mass is 199 g/mol. The van der Waals surface area contributed by atoms with Crippen LogP contribution in [0.15, 0.2) is 16.8 Å². The number of hydrogen-bond donors (Lipinski definition) is 2. The lowest BCUT2D eigenvalue weighted by Crippen LogP contribution is -2.39. The third kappa shape index (κ3) is 2.53. The topological polar surface area (TPSA) is 46.2 Å². The molecular weight excluding hydrogens is 182 g/mol. The van der Waals surface area contributed by atoms with Crippen LogP contribution in [0, 0.1) is 5.41 Å². The molecule has 74 valence electrons. The van der Waals surface area contributed by atoms with Gasteiger partial charge in [0.15, 0.2) is 0 Å². The maximum absolute atomic E-state index is 9.59. The predicted molar refractivity (Wildman–Crippen MR) is 56.9 cm³/mol. The van der Waals surface area contributed by atoms with Crippen LogP contribution in [0.3, 0.4) is 0 Å². The molecule has 0 radical (unpaired) electrons. The zero-order valence-electron chi connectivity index (χ0n) is 8.16. The number of hydrogen-bond acceptors (Lipinski definition) is 3. The molecule has 1 aromatic rings. The van der Waals surface area contributed by atoms with Crippen LogP contribution in [0.25, 0.3) is 0 Å². The quantitative estimate of drug-likeness (QED) is 0.774. The van der Waals surface area contributed by atoms with Crippen molar-refractivity contribution in [3.63, 3.8) is 0 Å². The van der Waals surface area contributed by atoms with Crippen molar-refractivity contribution in [2.75, 3.05) is 6.54 Å². The van der Waals surface area contributed by atoms with E-state index < -0.39 is 0 Å². The Morgan fingerprint density at radius 3 is 2.77 bits per heavy atom. The normalized spacial score (nSPS) is 18.2. The van der Waals surface area contributed by atoms with Gasteiger partial charge in [-0.2, -0.15) is 11.3 Å². The number of thiophene rings is 1. The van der Waals surface area contributed by atoms with Gasteiger partial charge in [-0.25, -0.2) is 0 Å². The lowest BCUT2D eigenvalue weighted by molar-refractivity contribution is 0.0589. The van der Waals surface area contributed by atoms with Crippen LogP contribution in [-0.2, 0) is 6.42 Å². The molecule has 0 saturated carbocycles. The van der Waals surface area contributed by atoms with Gasteiger partial charge < -0.3 is 10.8 Å². The second-order valence-electron chi connectivity index (χ2n) is 3.84. The van der Waals surface area contributed by atoms with E-state index in [9.17, 15) is 5.11 Å². The molecule has 0 aliphatic heterocycles. The van der Waals surface area contributed by atoms with Crippen LogP contribution in [0.1, 0.15) is 19.4 Å².